The fourth-order valence-corrected chi connectivity index (χ4v) is 2.99. The minimum Gasteiger partial charge on any atom is -0.507 e. The van der Waals surface area contributed by atoms with Crippen molar-refractivity contribution < 1.29 is 14.4 Å². The van der Waals surface area contributed by atoms with E-state index in [0.717, 1.165) is 48.5 Å². The lowest BCUT2D eigenvalue weighted by Crippen LogP contribution is -2.35. The highest BCUT2D eigenvalue weighted by molar-refractivity contribution is 5.94. The molecule has 0 aliphatic carbocycles. The molecule has 1 fully saturated rings. The molecule has 0 radical (unpaired) electrons. The maximum absolute atomic E-state index is 10.3. The predicted octanol–water partition coefficient (Wildman–Crippen LogP) is 3.03. The minimum atomic E-state index is 0.250. The number of nitrogens with zero attached hydrogens (tertiary/aromatic N) is 2. The number of fused-ring (bicyclic) bond motifs is 1. The lowest BCUT2D eigenvalue weighted by atomic mass is 10.0. The Labute approximate surface area is 134 Å². The van der Waals surface area contributed by atoms with E-state index in [2.05, 4.69) is 10.1 Å². The molecule has 5 nitrogen and oxygen atoms in total. The van der Waals surface area contributed by atoms with Gasteiger partial charge in [0.1, 0.15) is 11.4 Å². The van der Waals surface area contributed by atoms with Crippen LogP contribution in [0.1, 0.15) is 5.56 Å². The van der Waals surface area contributed by atoms with Gasteiger partial charge >= 0.3 is 0 Å². The summed E-state index contributed by atoms with van der Waals surface area (Å²) in [6.45, 7) is 3.80. The molecule has 0 spiro atoms. The summed E-state index contributed by atoms with van der Waals surface area (Å²) < 4.78 is 11.0. The van der Waals surface area contributed by atoms with E-state index in [0.29, 0.717) is 12.1 Å². The molecule has 1 aromatic heterocycles. The van der Waals surface area contributed by atoms with Gasteiger partial charge in [-0.1, -0.05) is 35.5 Å². The van der Waals surface area contributed by atoms with E-state index in [1.165, 1.54) is 0 Å². The Morgan fingerprint density at radius 1 is 1.04 bits per heavy atom. The molecule has 0 unspecified atom stereocenters. The molecule has 2 heterocycles. The molecular formula is C18H18N2O3. The fraction of sp³-hybridized carbons (Fsp3) is 0.278. The quantitative estimate of drug-likeness (QED) is 0.806. The first-order valence-corrected chi connectivity index (χ1v) is 7.78. The number of morpholine rings is 1. The van der Waals surface area contributed by atoms with Crippen molar-refractivity contribution in [1.82, 2.24) is 10.1 Å². The van der Waals surface area contributed by atoms with Crippen molar-refractivity contribution in [2.45, 2.75) is 6.54 Å². The van der Waals surface area contributed by atoms with Gasteiger partial charge in [0.05, 0.1) is 24.2 Å². The Hall–Kier alpha value is -2.37. The Morgan fingerprint density at radius 2 is 1.83 bits per heavy atom. The molecule has 1 aliphatic heterocycles. The van der Waals surface area contributed by atoms with Gasteiger partial charge in [-0.15, -0.1) is 0 Å². The zero-order valence-electron chi connectivity index (χ0n) is 12.7. The van der Waals surface area contributed by atoms with Crippen LogP contribution < -0.4 is 0 Å². The van der Waals surface area contributed by atoms with Crippen molar-refractivity contribution in [3.05, 3.63) is 48.0 Å². The van der Waals surface area contributed by atoms with Crippen LogP contribution >= 0.6 is 0 Å². The first-order chi connectivity index (χ1) is 11.3. The Kier molecular flexibility index (Phi) is 3.73. The normalized spacial score (nSPS) is 16.0. The molecule has 0 atom stereocenters. The molecule has 0 amide bonds. The van der Waals surface area contributed by atoms with E-state index >= 15 is 0 Å². The zero-order valence-corrected chi connectivity index (χ0v) is 12.7. The zero-order chi connectivity index (χ0) is 15.6. The number of aromatic hydroxyl groups is 1. The van der Waals surface area contributed by atoms with Crippen molar-refractivity contribution in [2.75, 3.05) is 26.3 Å². The molecule has 118 valence electrons. The van der Waals surface area contributed by atoms with E-state index in [-0.39, 0.29) is 5.75 Å². The molecule has 0 bridgehead atoms. The SMILES string of the molecule is Oc1ccc2c(-c3ccccc3)noc2c1CN1CCOCC1. The van der Waals surface area contributed by atoms with Crippen molar-refractivity contribution in [1.29, 1.82) is 0 Å². The number of phenols is 1. The van der Waals surface area contributed by atoms with Gasteiger partial charge in [-0.25, -0.2) is 0 Å². The average Bonchev–Trinajstić information content (AvgIpc) is 3.03. The highest BCUT2D eigenvalue weighted by Gasteiger charge is 2.20. The van der Waals surface area contributed by atoms with E-state index in [1.807, 2.05) is 36.4 Å². The van der Waals surface area contributed by atoms with E-state index in [1.54, 1.807) is 6.07 Å². The van der Waals surface area contributed by atoms with E-state index in [9.17, 15) is 5.11 Å². The first kappa shape index (κ1) is 14.2. The third-order valence-electron chi connectivity index (χ3n) is 4.25. The number of hydrogen-bond donors (Lipinski definition) is 1. The number of rotatable bonds is 3. The highest BCUT2D eigenvalue weighted by Crippen LogP contribution is 2.34. The maximum Gasteiger partial charge on any atom is 0.175 e. The van der Waals surface area contributed by atoms with Gasteiger partial charge in [0.15, 0.2) is 5.58 Å². The van der Waals surface area contributed by atoms with Gasteiger partial charge in [-0.05, 0) is 12.1 Å². The lowest BCUT2D eigenvalue weighted by Gasteiger charge is -2.26. The topological polar surface area (TPSA) is 58.7 Å². The van der Waals surface area contributed by atoms with Crippen molar-refractivity contribution in [3.63, 3.8) is 0 Å². The summed E-state index contributed by atoms with van der Waals surface area (Å²) in [5.74, 6) is 0.250. The van der Waals surface area contributed by atoms with Gasteiger partial charge in [0, 0.05) is 25.2 Å². The molecule has 4 rings (SSSR count). The summed E-state index contributed by atoms with van der Waals surface area (Å²) in [7, 11) is 0. The summed E-state index contributed by atoms with van der Waals surface area (Å²) in [6, 6.07) is 13.5. The van der Waals surface area contributed by atoms with Crippen LogP contribution in [0.15, 0.2) is 47.0 Å². The second-order valence-electron chi connectivity index (χ2n) is 5.73. The van der Waals surface area contributed by atoms with Crippen LogP contribution in [0.5, 0.6) is 5.75 Å². The van der Waals surface area contributed by atoms with Gasteiger partial charge < -0.3 is 14.4 Å². The van der Waals surface area contributed by atoms with E-state index in [4.69, 9.17) is 9.26 Å². The van der Waals surface area contributed by atoms with Crippen LogP contribution in [0, 0.1) is 0 Å². The highest BCUT2D eigenvalue weighted by atomic mass is 16.5. The standard InChI is InChI=1S/C18H18N2O3/c21-16-7-6-14-17(13-4-2-1-3-5-13)19-23-18(14)15(16)12-20-8-10-22-11-9-20/h1-7,21H,8-12H2. The second kappa shape index (κ2) is 6.02. The van der Waals surface area contributed by atoms with Crippen molar-refractivity contribution in [2.24, 2.45) is 0 Å². The summed E-state index contributed by atoms with van der Waals surface area (Å²) >= 11 is 0. The Morgan fingerprint density at radius 3 is 2.61 bits per heavy atom. The first-order valence-electron chi connectivity index (χ1n) is 7.78. The summed E-state index contributed by atoms with van der Waals surface area (Å²) in [6.07, 6.45) is 0. The van der Waals surface area contributed by atoms with Crippen LogP contribution in [0.2, 0.25) is 0 Å². The molecule has 23 heavy (non-hydrogen) atoms. The van der Waals surface area contributed by atoms with E-state index < -0.39 is 0 Å². The molecule has 0 saturated carbocycles. The van der Waals surface area contributed by atoms with Crippen molar-refractivity contribution in [3.8, 4) is 17.0 Å². The third kappa shape index (κ3) is 2.69. The predicted molar refractivity (Wildman–Crippen MR) is 87.2 cm³/mol. The number of aromatic nitrogens is 1. The van der Waals surface area contributed by atoms with Gasteiger partial charge in [-0.2, -0.15) is 0 Å². The maximum atomic E-state index is 10.3. The Balaban J connectivity index is 1.76. The van der Waals surface area contributed by atoms with Crippen LogP contribution in [0.3, 0.4) is 0 Å². The molecule has 2 aromatic carbocycles. The molecule has 1 aliphatic rings. The lowest BCUT2D eigenvalue weighted by molar-refractivity contribution is 0.0339. The van der Waals surface area contributed by atoms with Crippen LogP contribution in [0.25, 0.3) is 22.2 Å². The van der Waals surface area contributed by atoms with Crippen molar-refractivity contribution >= 4 is 11.0 Å². The van der Waals surface area contributed by atoms with Crippen LogP contribution in [-0.2, 0) is 11.3 Å². The molecule has 5 heteroatoms. The monoisotopic (exact) mass is 310 g/mol. The number of ether oxygens (including phenoxy) is 1. The summed E-state index contributed by atoms with van der Waals surface area (Å²) in [5, 5.41) is 15.4. The van der Waals surface area contributed by atoms with Gasteiger partial charge in [0.25, 0.3) is 0 Å². The van der Waals surface area contributed by atoms with Gasteiger partial charge in [0.2, 0.25) is 0 Å². The molecule has 1 N–H and O–H groups in total. The molecule has 1 saturated heterocycles. The van der Waals surface area contributed by atoms with Gasteiger partial charge in [-0.3, -0.25) is 4.90 Å². The fourth-order valence-electron chi connectivity index (χ4n) is 2.99. The third-order valence-corrected chi connectivity index (χ3v) is 4.25. The number of benzene rings is 2. The second-order valence-corrected chi connectivity index (χ2v) is 5.73. The molecule has 3 aromatic rings. The average molecular weight is 310 g/mol. The summed E-state index contributed by atoms with van der Waals surface area (Å²) in [5.41, 5.74) is 3.27. The van der Waals surface area contributed by atoms with Crippen LogP contribution in [0.4, 0.5) is 0 Å². The summed E-state index contributed by atoms with van der Waals surface area (Å²) in [4.78, 5) is 2.25. The molecular weight excluding hydrogens is 292 g/mol. The smallest absolute Gasteiger partial charge is 0.175 e. The van der Waals surface area contributed by atoms with Crippen LogP contribution in [-0.4, -0.2) is 41.5 Å². The largest absolute Gasteiger partial charge is 0.507 e. The number of hydrogen-bond acceptors (Lipinski definition) is 5. The minimum absolute atomic E-state index is 0.250. The number of phenolic OH excluding ortho intramolecular Hbond substituents is 1. The Bertz CT molecular complexity index is 808.